The summed E-state index contributed by atoms with van der Waals surface area (Å²) in [5.41, 5.74) is 0.861. The minimum absolute atomic E-state index is 0.0782. The van der Waals surface area contributed by atoms with E-state index in [0.29, 0.717) is 24.5 Å². The first-order chi connectivity index (χ1) is 16.1. The summed E-state index contributed by atoms with van der Waals surface area (Å²) >= 11 is 0. The van der Waals surface area contributed by atoms with Gasteiger partial charge >= 0.3 is 13.9 Å². The lowest BCUT2D eigenvalue weighted by atomic mass is 10.2. The molecule has 0 atom stereocenters. The average Bonchev–Trinajstić information content (AvgIpc) is 2.84. The number of benzene rings is 3. The fraction of sp³-hybridized carbons (Fsp3) is 0.160. The van der Waals surface area contributed by atoms with E-state index in [9.17, 15) is 9.36 Å². The van der Waals surface area contributed by atoms with Gasteiger partial charge in [-0.2, -0.15) is 4.57 Å². The second-order valence-electron chi connectivity index (χ2n) is 7.22. The Balaban J connectivity index is 1.52. The van der Waals surface area contributed by atoms with Crippen LogP contribution in [0.4, 0.5) is 4.79 Å². The maximum absolute atomic E-state index is 13.7. The summed E-state index contributed by atoms with van der Waals surface area (Å²) < 4.78 is 36.2. The zero-order valence-corrected chi connectivity index (χ0v) is 18.8. The Morgan fingerprint density at radius 3 is 1.91 bits per heavy atom. The van der Waals surface area contributed by atoms with Crippen molar-refractivity contribution in [2.45, 2.75) is 19.4 Å². The predicted molar refractivity (Wildman–Crippen MR) is 123 cm³/mol. The molecule has 170 valence electrons. The molecule has 0 saturated carbocycles. The van der Waals surface area contributed by atoms with Crippen molar-refractivity contribution in [3.05, 3.63) is 109 Å². The van der Waals surface area contributed by atoms with Crippen LogP contribution in [-0.2, 0) is 20.4 Å². The Bertz CT molecular complexity index is 1080. The van der Waals surface area contributed by atoms with Crippen LogP contribution in [0.5, 0.6) is 11.5 Å². The van der Waals surface area contributed by atoms with Crippen LogP contribution >= 0.6 is 7.82 Å². The Labute approximate surface area is 192 Å². The molecule has 1 aliphatic rings. The maximum Gasteiger partial charge on any atom is 0.648 e. The molecule has 3 aromatic rings. The molecule has 33 heavy (non-hydrogen) atoms. The molecule has 1 aliphatic heterocycles. The molecule has 0 radical (unpaired) electrons. The number of amides is 1. The highest BCUT2D eigenvalue weighted by Crippen LogP contribution is 2.52. The van der Waals surface area contributed by atoms with Gasteiger partial charge in [-0.05, 0) is 48.7 Å². The minimum atomic E-state index is -4.20. The third kappa shape index (κ3) is 6.40. The number of hydrogen-bond acceptors (Lipinski definition) is 6. The second-order valence-corrected chi connectivity index (χ2v) is 8.67. The van der Waals surface area contributed by atoms with Crippen LogP contribution in [0.1, 0.15) is 18.4 Å². The quantitative estimate of drug-likeness (QED) is 0.352. The molecule has 0 saturated heterocycles. The van der Waals surface area contributed by atoms with Gasteiger partial charge in [-0.25, -0.2) is 9.69 Å². The van der Waals surface area contributed by atoms with Crippen molar-refractivity contribution in [3.63, 3.8) is 0 Å². The highest BCUT2D eigenvalue weighted by Gasteiger charge is 2.37. The summed E-state index contributed by atoms with van der Waals surface area (Å²) in [6, 6.07) is 26.5. The zero-order valence-electron chi connectivity index (χ0n) is 17.9. The molecule has 0 unspecified atom stereocenters. The lowest BCUT2D eigenvalue weighted by Gasteiger charge is -2.29. The number of hydrogen-bond donors (Lipinski definition) is 0. The molecule has 8 heteroatoms. The summed E-state index contributed by atoms with van der Waals surface area (Å²) in [5.74, 6) is 0.701. The van der Waals surface area contributed by atoms with E-state index >= 15 is 0 Å². The van der Waals surface area contributed by atoms with E-state index in [1.165, 1.54) is 4.90 Å². The van der Waals surface area contributed by atoms with E-state index in [1.807, 2.05) is 42.5 Å². The number of allylic oxidation sites excluding steroid dienone is 1. The van der Waals surface area contributed by atoms with Crippen LogP contribution < -0.4 is 9.05 Å². The molecule has 0 aliphatic carbocycles. The van der Waals surface area contributed by atoms with Crippen molar-refractivity contribution in [1.82, 2.24) is 4.90 Å². The second kappa shape index (κ2) is 10.7. The summed E-state index contributed by atoms with van der Waals surface area (Å²) in [5, 5.41) is 0. The van der Waals surface area contributed by atoms with Gasteiger partial charge in [-0.15, -0.1) is 0 Å². The molecule has 3 aromatic carbocycles. The van der Waals surface area contributed by atoms with Crippen molar-refractivity contribution in [2.24, 2.45) is 0 Å². The molecular formula is C25H24NO6P. The van der Waals surface area contributed by atoms with E-state index < -0.39 is 13.9 Å². The highest BCUT2D eigenvalue weighted by atomic mass is 31.2. The lowest BCUT2D eigenvalue weighted by Crippen LogP contribution is -2.35. The van der Waals surface area contributed by atoms with E-state index in [1.54, 1.807) is 54.6 Å². The zero-order chi connectivity index (χ0) is 22.9. The van der Waals surface area contributed by atoms with Gasteiger partial charge in [-0.3, -0.25) is 0 Å². The number of carbonyl (C=O) groups is 1. The number of rotatable bonds is 8. The normalized spacial score (nSPS) is 13.6. The van der Waals surface area contributed by atoms with E-state index in [0.717, 1.165) is 12.0 Å². The third-order valence-corrected chi connectivity index (χ3v) is 6.00. The topological polar surface area (TPSA) is 74.3 Å². The molecule has 0 aromatic heterocycles. The molecule has 0 spiro atoms. The first-order valence-electron chi connectivity index (χ1n) is 10.6. The van der Waals surface area contributed by atoms with Crippen LogP contribution in [0.2, 0.25) is 0 Å². The number of phosphoric acid groups is 1. The van der Waals surface area contributed by atoms with Crippen LogP contribution in [0.3, 0.4) is 0 Å². The summed E-state index contributed by atoms with van der Waals surface area (Å²) in [4.78, 5) is 14.1. The minimum Gasteiger partial charge on any atom is -0.444 e. The van der Waals surface area contributed by atoms with E-state index in [-0.39, 0.29) is 12.5 Å². The van der Waals surface area contributed by atoms with Gasteiger partial charge in [-0.1, -0.05) is 66.7 Å². The van der Waals surface area contributed by atoms with Gasteiger partial charge in [0.15, 0.2) is 0 Å². The molecule has 0 bridgehead atoms. The van der Waals surface area contributed by atoms with Crippen LogP contribution in [-0.4, -0.2) is 17.5 Å². The fourth-order valence-corrected chi connectivity index (χ4v) is 4.43. The molecule has 1 amide bonds. The standard InChI is InChI=1S/C25H24NO6P/c27-25(29-20-21-12-4-1-5-13-21)26-19-11-10-18-24(26)32-33(28,30-22-14-6-2-7-15-22)31-23-16-8-3-9-17-23/h1-9,12-18H,10-11,19-20H2. The van der Waals surface area contributed by atoms with Gasteiger partial charge in [0.1, 0.15) is 18.1 Å². The molecule has 1 heterocycles. The Kier molecular flexibility index (Phi) is 7.33. The monoisotopic (exact) mass is 465 g/mol. The lowest BCUT2D eigenvalue weighted by molar-refractivity contribution is 0.0844. The SMILES string of the molecule is O=C(OCc1ccccc1)N1CCCC=C1OP(=O)(Oc1ccccc1)Oc1ccccc1. The van der Waals surface area contributed by atoms with Crippen molar-refractivity contribution < 1.29 is 27.7 Å². The fourth-order valence-electron chi connectivity index (χ4n) is 3.15. The number of para-hydroxylation sites is 2. The van der Waals surface area contributed by atoms with Gasteiger partial charge in [0.2, 0.25) is 5.88 Å². The largest absolute Gasteiger partial charge is 0.648 e. The predicted octanol–water partition coefficient (Wildman–Crippen LogP) is 6.54. The van der Waals surface area contributed by atoms with Crippen LogP contribution in [0.15, 0.2) is 103 Å². The third-order valence-electron chi connectivity index (χ3n) is 4.72. The molecular weight excluding hydrogens is 441 g/mol. The number of carbonyl (C=O) groups excluding carboxylic acids is 1. The summed E-state index contributed by atoms with van der Waals surface area (Å²) in [6.45, 7) is 0.471. The maximum atomic E-state index is 13.7. The Morgan fingerprint density at radius 1 is 0.788 bits per heavy atom. The highest BCUT2D eigenvalue weighted by molar-refractivity contribution is 7.49. The molecule has 0 N–H and O–H groups in total. The van der Waals surface area contributed by atoms with Gasteiger partial charge < -0.3 is 18.3 Å². The van der Waals surface area contributed by atoms with Gasteiger partial charge in [0.05, 0.1) is 0 Å². The van der Waals surface area contributed by atoms with E-state index in [2.05, 4.69) is 0 Å². The molecule has 7 nitrogen and oxygen atoms in total. The first-order valence-corrected chi connectivity index (χ1v) is 12.0. The van der Waals surface area contributed by atoms with Gasteiger partial charge in [0, 0.05) is 6.54 Å². The van der Waals surface area contributed by atoms with Crippen LogP contribution in [0.25, 0.3) is 0 Å². The van der Waals surface area contributed by atoms with Crippen molar-refractivity contribution in [2.75, 3.05) is 6.54 Å². The van der Waals surface area contributed by atoms with Crippen molar-refractivity contribution in [3.8, 4) is 11.5 Å². The van der Waals surface area contributed by atoms with Crippen LogP contribution in [0, 0.1) is 0 Å². The Morgan fingerprint density at radius 2 is 1.33 bits per heavy atom. The number of phosphoric ester groups is 1. The number of ether oxygens (including phenoxy) is 1. The molecule has 4 rings (SSSR count). The smallest absolute Gasteiger partial charge is 0.444 e. The van der Waals surface area contributed by atoms with Crippen molar-refractivity contribution >= 4 is 13.9 Å². The number of nitrogens with zero attached hydrogens (tertiary/aromatic N) is 1. The van der Waals surface area contributed by atoms with Gasteiger partial charge in [0.25, 0.3) is 0 Å². The first kappa shape index (κ1) is 22.5. The summed E-state index contributed by atoms with van der Waals surface area (Å²) in [6.07, 6.45) is 2.45. The van der Waals surface area contributed by atoms with E-state index in [4.69, 9.17) is 18.3 Å². The molecule has 0 fully saturated rings. The average molecular weight is 465 g/mol. The van der Waals surface area contributed by atoms with Crippen molar-refractivity contribution in [1.29, 1.82) is 0 Å². The summed E-state index contributed by atoms with van der Waals surface area (Å²) in [7, 11) is -4.20. The Hall–Kier alpha value is -3.70.